The largest absolute Gasteiger partial charge is 0.357 e. The fourth-order valence-corrected chi connectivity index (χ4v) is 2.48. The Labute approximate surface area is 155 Å². The molecule has 0 aliphatic carbocycles. The summed E-state index contributed by atoms with van der Waals surface area (Å²) < 4.78 is 0. The molecule has 1 heterocycles. The van der Waals surface area contributed by atoms with E-state index in [0.29, 0.717) is 11.4 Å². The molecule has 0 spiro atoms. The van der Waals surface area contributed by atoms with Gasteiger partial charge in [-0.1, -0.05) is 35.9 Å². The quantitative estimate of drug-likeness (QED) is 0.563. The van der Waals surface area contributed by atoms with Gasteiger partial charge in [0.05, 0.1) is 11.4 Å². The maximum atomic E-state index is 11.2. The van der Waals surface area contributed by atoms with E-state index >= 15 is 0 Å². The summed E-state index contributed by atoms with van der Waals surface area (Å²) in [5.41, 5.74) is 5.39. The zero-order valence-electron chi connectivity index (χ0n) is 15.8. The monoisotopic (exact) mass is 350 g/mol. The maximum Gasteiger partial charge on any atom is 0.159 e. The number of allylic oxidation sites excluding steroid dienone is 2. The molecule has 2 rings (SSSR count). The minimum atomic E-state index is 0.677. The lowest BCUT2D eigenvalue weighted by Gasteiger charge is -2.16. The first-order chi connectivity index (χ1) is 12.6. The van der Waals surface area contributed by atoms with Gasteiger partial charge >= 0.3 is 0 Å². The summed E-state index contributed by atoms with van der Waals surface area (Å²) in [5.74, 6) is 0.677. The van der Waals surface area contributed by atoms with Crippen molar-refractivity contribution in [3.63, 3.8) is 0 Å². The van der Waals surface area contributed by atoms with Crippen LogP contribution in [0.3, 0.4) is 0 Å². The van der Waals surface area contributed by atoms with Crippen molar-refractivity contribution in [1.82, 2.24) is 20.6 Å². The first-order valence-corrected chi connectivity index (χ1v) is 8.72. The van der Waals surface area contributed by atoms with Crippen molar-refractivity contribution in [2.75, 3.05) is 13.6 Å². The molecule has 0 aliphatic rings. The number of hydrogen-bond acceptors (Lipinski definition) is 5. The Morgan fingerprint density at radius 3 is 2.54 bits per heavy atom. The molecule has 5 nitrogen and oxygen atoms in total. The average Bonchev–Trinajstić information content (AvgIpc) is 2.68. The van der Waals surface area contributed by atoms with Crippen LogP contribution >= 0.6 is 0 Å². The fourth-order valence-electron chi connectivity index (χ4n) is 2.48. The van der Waals surface area contributed by atoms with Crippen molar-refractivity contribution in [3.05, 3.63) is 65.1 Å². The SMILES string of the molecule is C/C=C(\N/C(CCNC)=C(\C)C=O)c1ccnc(-c2ccc(C)cc2)n1. The van der Waals surface area contributed by atoms with E-state index in [-0.39, 0.29) is 0 Å². The van der Waals surface area contributed by atoms with Gasteiger partial charge in [0.2, 0.25) is 0 Å². The van der Waals surface area contributed by atoms with E-state index in [0.717, 1.165) is 41.9 Å². The molecule has 2 aromatic rings. The third-order valence-electron chi connectivity index (χ3n) is 4.09. The lowest BCUT2D eigenvalue weighted by molar-refractivity contribution is -0.104. The third-order valence-corrected chi connectivity index (χ3v) is 4.09. The molecule has 0 bridgehead atoms. The van der Waals surface area contributed by atoms with E-state index in [2.05, 4.69) is 22.5 Å². The molecule has 1 aromatic heterocycles. The second-order valence-electron chi connectivity index (χ2n) is 6.09. The van der Waals surface area contributed by atoms with Gasteiger partial charge in [-0.2, -0.15) is 0 Å². The number of aldehydes is 1. The number of nitrogens with zero attached hydrogens (tertiary/aromatic N) is 2. The number of hydrogen-bond donors (Lipinski definition) is 2. The summed E-state index contributed by atoms with van der Waals surface area (Å²) in [6, 6.07) is 10.0. The summed E-state index contributed by atoms with van der Waals surface area (Å²) in [6.07, 6.45) is 5.32. The van der Waals surface area contributed by atoms with Gasteiger partial charge in [-0.15, -0.1) is 0 Å². The van der Waals surface area contributed by atoms with E-state index in [1.54, 1.807) is 6.20 Å². The second kappa shape index (κ2) is 9.63. The van der Waals surface area contributed by atoms with Crippen LogP contribution in [0.15, 0.2) is 53.9 Å². The Balaban J connectivity index is 2.31. The predicted octanol–water partition coefficient (Wildman–Crippen LogP) is 3.48. The highest BCUT2D eigenvalue weighted by molar-refractivity contribution is 5.75. The first-order valence-electron chi connectivity index (χ1n) is 8.72. The van der Waals surface area contributed by atoms with Crippen LogP contribution < -0.4 is 10.6 Å². The van der Waals surface area contributed by atoms with Crippen LogP contribution in [-0.4, -0.2) is 29.8 Å². The van der Waals surface area contributed by atoms with E-state index < -0.39 is 0 Å². The molecule has 0 atom stereocenters. The Morgan fingerprint density at radius 2 is 1.92 bits per heavy atom. The zero-order valence-corrected chi connectivity index (χ0v) is 15.8. The summed E-state index contributed by atoms with van der Waals surface area (Å²) in [6.45, 7) is 6.60. The van der Waals surface area contributed by atoms with Gasteiger partial charge in [0.1, 0.15) is 6.29 Å². The van der Waals surface area contributed by atoms with Gasteiger partial charge in [0, 0.05) is 36.0 Å². The number of carbonyl (C=O) groups excluding carboxylic acids is 1. The van der Waals surface area contributed by atoms with Gasteiger partial charge in [0.25, 0.3) is 0 Å². The number of benzene rings is 1. The van der Waals surface area contributed by atoms with E-state index in [1.807, 2.05) is 57.3 Å². The second-order valence-corrected chi connectivity index (χ2v) is 6.09. The lowest BCUT2D eigenvalue weighted by Crippen LogP contribution is -2.19. The highest BCUT2D eigenvalue weighted by atomic mass is 16.1. The molecule has 0 saturated carbocycles. The zero-order chi connectivity index (χ0) is 18.9. The minimum Gasteiger partial charge on any atom is -0.357 e. The Morgan fingerprint density at radius 1 is 1.19 bits per heavy atom. The number of aryl methyl sites for hydroxylation is 1. The van der Waals surface area contributed by atoms with Crippen LogP contribution in [0.4, 0.5) is 0 Å². The van der Waals surface area contributed by atoms with E-state index in [9.17, 15) is 4.79 Å². The number of nitrogens with one attached hydrogen (secondary N) is 2. The predicted molar refractivity (Wildman–Crippen MR) is 106 cm³/mol. The Hall–Kier alpha value is -2.79. The molecule has 0 unspecified atom stereocenters. The van der Waals surface area contributed by atoms with Crippen molar-refractivity contribution in [2.24, 2.45) is 0 Å². The Bertz CT molecular complexity index is 807. The van der Waals surface area contributed by atoms with Gasteiger partial charge in [0.15, 0.2) is 5.82 Å². The summed E-state index contributed by atoms with van der Waals surface area (Å²) in [5, 5.41) is 6.48. The van der Waals surface area contributed by atoms with Crippen molar-refractivity contribution < 1.29 is 4.79 Å². The molecule has 0 saturated heterocycles. The standard InChI is InChI=1S/C21H26N4O/c1-5-18(24-19(10-12-22-4)16(3)14-26)20-11-13-23-21(25-20)17-8-6-15(2)7-9-17/h5-9,11,13-14,22,24H,10,12H2,1-4H3/b18-5-,19-16+. The van der Waals surface area contributed by atoms with Crippen LogP contribution in [0.5, 0.6) is 0 Å². The van der Waals surface area contributed by atoms with Crippen LogP contribution in [0.1, 0.15) is 31.5 Å². The number of rotatable bonds is 8. The summed E-state index contributed by atoms with van der Waals surface area (Å²) >= 11 is 0. The van der Waals surface area contributed by atoms with Gasteiger partial charge < -0.3 is 10.6 Å². The molecule has 2 N–H and O–H groups in total. The highest BCUT2D eigenvalue weighted by Gasteiger charge is 2.10. The Kier molecular flexibility index (Phi) is 7.24. The average molecular weight is 350 g/mol. The topological polar surface area (TPSA) is 66.9 Å². The smallest absolute Gasteiger partial charge is 0.159 e. The highest BCUT2D eigenvalue weighted by Crippen LogP contribution is 2.19. The third kappa shape index (κ3) is 5.10. The van der Waals surface area contributed by atoms with Crippen molar-refractivity contribution >= 4 is 12.0 Å². The fraction of sp³-hybridized carbons (Fsp3) is 0.286. The van der Waals surface area contributed by atoms with Crippen LogP contribution in [0.2, 0.25) is 0 Å². The normalized spacial score (nSPS) is 12.5. The summed E-state index contributed by atoms with van der Waals surface area (Å²) in [4.78, 5) is 20.3. The molecule has 0 amide bonds. The number of carbonyl (C=O) groups is 1. The van der Waals surface area contributed by atoms with Crippen LogP contribution in [-0.2, 0) is 4.79 Å². The van der Waals surface area contributed by atoms with E-state index in [4.69, 9.17) is 4.98 Å². The lowest BCUT2D eigenvalue weighted by atomic mass is 10.1. The first kappa shape index (κ1) is 19.5. The van der Waals surface area contributed by atoms with Gasteiger partial charge in [-0.25, -0.2) is 9.97 Å². The molecule has 5 heteroatoms. The molecular weight excluding hydrogens is 324 g/mol. The van der Waals surface area contributed by atoms with Crippen LogP contribution in [0.25, 0.3) is 17.1 Å². The molecule has 0 fully saturated rings. The van der Waals surface area contributed by atoms with Crippen molar-refractivity contribution in [2.45, 2.75) is 27.2 Å². The molecule has 0 radical (unpaired) electrons. The number of aromatic nitrogens is 2. The van der Waals surface area contributed by atoms with Gasteiger partial charge in [-0.05, 0) is 33.9 Å². The molecule has 1 aromatic carbocycles. The molecule has 0 aliphatic heterocycles. The van der Waals surface area contributed by atoms with E-state index in [1.165, 1.54) is 5.56 Å². The van der Waals surface area contributed by atoms with Gasteiger partial charge in [-0.3, -0.25) is 4.79 Å². The van der Waals surface area contributed by atoms with Crippen molar-refractivity contribution in [3.8, 4) is 11.4 Å². The summed E-state index contributed by atoms with van der Waals surface area (Å²) in [7, 11) is 1.89. The van der Waals surface area contributed by atoms with Crippen LogP contribution in [0, 0.1) is 6.92 Å². The molecular formula is C21H26N4O. The molecule has 26 heavy (non-hydrogen) atoms. The minimum absolute atomic E-state index is 0.677. The molecule has 136 valence electrons. The van der Waals surface area contributed by atoms with Crippen molar-refractivity contribution in [1.29, 1.82) is 0 Å². The maximum absolute atomic E-state index is 11.2.